The summed E-state index contributed by atoms with van der Waals surface area (Å²) in [7, 11) is 1.29. The molecule has 2 amide bonds. The lowest BCUT2D eigenvalue weighted by Gasteiger charge is -2.29. The smallest absolute Gasteiger partial charge is 0.407 e. The molecule has 4 aromatic rings. The Bertz CT molecular complexity index is 1410. The number of carbonyl (C=O) groups excluding carboxylic acids is 2. The number of aromatic nitrogens is 3. The molecule has 1 aromatic heterocycles. The maximum Gasteiger partial charge on any atom is 0.407 e. The normalized spacial score (nSPS) is 17.4. The van der Waals surface area contributed by atoms with Crippen molar-refractivity contribution in [3.05, 3.63) is 113 Å². The van der Waals surface area contributed by atoms with Gasteiger partial charge < -0.3 is 25.4 Å². The predicted molar refractivity (Wildman–Crippen MR) is 159 cm³/mol. The Morgan fingerprint density at radius 2 is 1.67 bits per heavy atom. The number of ether oxygens (including phenoxy) is 2. The van der Waals surface area contributed by atoms with Crippen molar-refractivity contribution in [2.24, 2.45) is 0 Å². The Labute approximate surface area is 245 Å². The molecule has 10 heteroatoms. The summed E-state index contributed by atoms with van der Waals surface area (Å²) >= 11 is 0. The first-order valence-electron chi connectivity index (χ1n) is 14.1. The molecule has 1 saturated heterocycles. The van der Waals surface area contributed by atoms with Crippen LogP contribution < -0.4 is 16.0 Å². The van der Waals surface area contributed by atoms with Crippen LogP contribution in [0.5, 0.6) is 0 Å². The summed E-state index contributed by atoms with van der Waals surface area (Å²) in [5, 5.41) is 16.5. The van der Waals surface area contributed by atoms with Crippen LogP contribution in [0.3, 0.4) is 0 Å². The van der Waals surface area contributed by atoms with Crippen molar-refractivity contribution in [2.45, 2.75) is 43.9 Å². The average Bonchev–Trinajstić information content (AvgIpc) is 3.47. The SMILES string of the molecule is COC(=O)NC(C(=O)Nc1ccccc1CCC1CNC(c2n[nH]c(C)n2)CO1)C(c1ccccc1)c1ccccc1. The van der Waals surface area contributed by atoms with Crippen molar-refractivity contribution in [2.75, 3.05) is 25.6 Å². The number of aromatic amines is 1. The summed E-state index contributed by atoms with van der Waals surface area (Å²) in [5.74, 6) is 0.695. The zero-order valence-corrected chi connectivity index (χ0v) is 23.7. The molecule has 218 valence electrons. The number of benzene rings is 3. The van der Waals surface area contributed by atoms with E-state index in [2.05, 4.69) is 31.1 Å². The fourth-order valence-corrected chi connectivity index (χ4v) is 5.26. The summed E-state index contributed by atoms with van der Waals surface area (Å²) in [4.78, 5) is 30.8. The van der Waals surface area contributed by atoms with E-state index in [0.29, 0.717) is 31.1 Å². The first-order chi connectivity index (χ1) is 20.5. The molecule has 0 spiro atoms. The van der Waals surface area contributed by atoms with Crippen molar-refractivity contribution >= 4 is 17.7 Å². The number of rotatable bonds is 10. The highest BCUT2D eigenvalue weighted by atomic mass is 16.5. The molecule has 0 saturated carbocycles. The number of hydrogen-bond acceptors (Lipinski definition) is 7. The Morgan fingerprint density at radius 1 is 1.00 bits per heavy atom. The molecule has 3 atom stereocenters. The molecule has 10 nitrogen and oxygen atoms in total. The summed E-state index contributed by atoms with van der Waals surface area (Å²) < 4.78 is 11.0. The molecule has 42 heavy (non-hydrogen) atoms. The highest BCUT2D eigenvalue weighted by molar-refractivity contribution is 5.98. The maximum absolute atomic E-state index is 14.0. The van der Waals surface area contributed by atoms with E-state index in [1.165, 1.54) is 7.11 Å². The molecular weight excluding hydrogens is 532 g/mol. The van der Waals surface area contributed by atoms with Crippen LogP contribution in [0.2, 0.25) is 0 Å². The second-order valence-electron chi connectivity index (χ2n) is 10.3. The number of para-hydroxylation sites is 1. The van der Waals surface area contributed by atoms with E-state index < -0.39 is 18.1 Å². The monoisotopic (exact) mass is 568 g/mol. The molecule has 1 aliphatic rings. The zero-order valence-electron chi connectivity index (χ0n) is 23.7. The van der Waals surface area contributed by atoms with Gasteiger partial charge in [0.2, 0.25) is 5.91 Å². The van der Waals surface area contributed by atoms with E-state index in [4.69, 9.17) is 9.47 Å². The molecular formula is C32H36N6O4. The predicted octanol–water partition coefficient (Wildman–Crippen LogP) is 4.27. The Kier molecular flexibility index (Phi) is 9.58. The third-order valence-electron chi connectivity index (χ3n) is 7.42. The van der Waals surface area contributed by atoms with E-state index in [1.807, 2.05) is 91.9 Å². The third kappa shape index (κ3) is 7.20. The van der Waals surface area contributed by atoms with Gasteiger partial charge in [0.1, 0.15) is 11.9 Å². The van der Waals surface area contributed by atoms with Crippen LogP contribution in [-0.4, -0.2) is 59.6 Å². The number of amides is 2. The van der Waals surface area contributed by atoms with Gasteiger partial charge in [0.15, 0.2) is 5.82 Å². The standard InChI is InChI=1S/C32H36N6O4/c1-21-34-30(38-37-21)27-20-42-25(19-33-27)18-17-22-11-9-10-16-26(22)35-31(39)29(36-32(40)41-2)28(23-12-5-3-6-13-23)24-14-7-4-8-15-24/h3-16,25,27-29,33H,17-20H2,1-2H3,(H,35,39)(H,36,40)(H,34,37,38). The molecule has 4 N–H and O–H groups in total. The van der Waals surface area contributed by atoms with E-state index in [9.17, 15) is 9.59 Å². The number of nitrogens with one attached hydrogen (secondary N) is 4. The third-order valence-corrected chi connectivity index (χ3v) is 7.42. The van der Waals surface area contributed by atoms with Gasteiger partial charge in [0.05, 0.1) is 25.9 Å². The lowest BCUT2D eigenvalue weighted by atomic mass is 9.84. The van der Waals surface area contributed by atoms with Crippen LogP contribution in [0.4, 0.5) is 10.5 Å². The van der Waals surface area contributed by atoms with Gasteiger partial charge in [-0.2, -0.15) is 5.10 Å². The van der Waals surface area contributed by atoms with Gasteiger partial charge in [-0.3, -0.25) is 9.89 Å². The molecule has 5 rings (SSSR count). The molecule has 1 fully saturated rings. The summed E-state index contributed by atoms with van der Waals surface area (Å²) in [5.41, 5.74) is 3.47. The topological polar surface area (TPSA) is 130 Å². The minimum atomic E-state index is -0.933. The van der Waals surface area contributed by atoms with E-state index in [0.717, 1.165) is 28.9 Å². The van der Waals surface area contributed by atoms with Crippen molar-refractivity contribution < 1.29 is 19.1 Å². The molecule has 1 aliphatic heterocycles. The van der Waals surface area contributed by atoms with Crippen LogP contribution >= 0.6 is 0 Å². The van der Waals surface area contributed by atoms with Gasteiger partial charge in [-0.1, -0.05) is 78.9 Å². The van der Waals surface area contributed by atoms with E-state index in [1.54, 1.807) is 0 Å². The number of aryl methyl sites for hydroxylation is 2. The number of carbonyl (C=O) groups is 2. The van der Waals surface area contributed by atoms with Crippen molar-refractivity contribution in [3.63, 3.8) is 0 Å². The van der Waals surface area contributed by atoms with Crippen LogP contribution in [0, 0.1) is 6.92 Å². The second kappa shape index (κ2) is 13.9. The number of anilines is 1. The second-order valence-corrected chi connectivity index (χ2v) is 10.3. The highest BCUT2D eigenvalue weighted by Crippen LogP contribution is 2.30. The first kappa shape index (κ1) is 29.0. The van der Waals surface area contributed by atoms with Gasteiger partial charge in [-0.05, 0) is 42.5 Å². The average molecular weight is 569 g/mol. The van der Waals surface area contributed by atoms with Gasteiger partial charge in [-0.25, -0.2) is 9.78 Å². The largest absolute Gasteiger partial charge is 0.453 e. The number of morpholine rings is 1. The first-order valence-corrected chi connectivity index (χ1v) is 14.1. The van der Waals surface area contributed by atoms with Crippen LogP contribution in [0.1, 0.15) is 46.7 Å². The Morgan fingerprint density at radius 3 is 2.26 bits per heavy atom. The molecule has 0 aliphatic carbocycles. The quantitative estimate of drug-likeness (QED) is 0.225. The fourth-order valence-electron chi connectivity index (χ4n) is 5.26. The van der Waals surface area contributed by atoms with Crippen molar-refractivity contribution in [3.8, 4) is 0 Å². The summed E-state index contributed by atoms with van der Waals surface area (Å²) in [6.07, 6.45) is 0.795. The number of nitrogens with zero attached hydrogens (tertiary/aromatic N) is 2. The Hall–Kier alpha value is -4.54. The molecule has 2 heterocycles. The molecule has 3 aromatic carbocycles. The summed E-state index contributed by atoms with van der Waals surface area (Å²) in [6.45, 7) is 3.03. The van der Waals surface area contributed by atoms with Gasteiger partial charge in [0.25, 0.3) is 0 Å². The fraction of sp³-hybridized carbons (Fsp3) is 0.312. The van der Waals surface area contributed by atoms with Crippen LogP contribution in [-0.2, 0) is 20.7 Å². The van der Waals surface area contributed by atoms with E-state index >= 15 is 0 Å². The lowest BCUT2D eigenvalue weighted by molar-refractivity contribution is -0.118. The molecule has 0 bridgehead atoms. The highest BCUT2D eigenvalue weighted by Gasteiger charge is 2.33. The zero-order chi connectivity index (χ0) is 29.3. The van der Waals surface area contributed by atoms with Gasteiger partial charge in [0, 0.05) is 18.2 Å². The van der Waals surface area contributed by atoms with Crippen LogP contribution in [0.15, 0.2) is 84.9 Å². The number of alkyl carbamates (subject to hydrolysis) is 1. The number of H-pyrrole nitrogens is 1. The number of methoxy groups -OCH3 is 1. The Balaban J connectivity index is 1.30. The molecule has 3 unspecified atom stereocenters. The lowest BCUT2D eigenvalue weighted by Crippen LogP contribution is -2.48. The number of hydrogen-bond donors (Lipinski definition) is 4. The van der Waals surface area contributed by atoms with Crippen molar-refractivity contribution in [1.29, 1.82) is 0 Å². The van der Waals surface area contributed by atoms with Gasteiger partial charge >= 0.3 is 6.09 Å². The minimum absolute atomic E-state index is 0.0133. The summed E-state index contributed by atoms with van der Waals surface area (Å²) in [6, 6.07) is 26.1. The van der Waals surface area contributed by atoms with Crippen LogP contribution in [0.25, 0.3) is 0 Å². The van der Waals surface area contributed by atoms with E-state index in [-0.39, 0.29) is 18.1 Å². The van der Waals surface area contributed by atoms with Crippen molar-refractivity contribution in [1.82, 2.24) is 25.8 Å². The maximum atomic E-state index is 14.0. The molecule has 0 radical (unpaired) electrons. The van der Waals surface area contributed by atoms with Gasteiger partial charge in [-0.15, -0.1) is 0 Å². The minimum Gasteiger partial charge on any atom is -0.453 e.